The highest BCUT2D eigenvalue weighted by Crippen LogP contribution is 2.17. The Labute approximate surface area is 97.3 Å². The van der Waals surface area contributed by atoms with Crippen LogP contribution in [0.25, 0.3) is 0 Å². The lowest BCUT2D eigenvalue weighted by Gasteiger charge is -2.28. The van der Waals surface area contributed by atoms with Crippen LogP contribution < -0.4 is 5.32 Å². The molecule has 0 unspecified atom stereocenters. The van der Waals surface area contributed by atoms with Gasteiger partial charge in [-0.15, -0.1) is 0 Å². The van der Waals surface area contributed by atoms with Crippen LogP contribution in [0.5, 0.6) is 0 Å². The summed E-state index contributed by atoms with van der Waals surface area (Å²) < 4.78 is 5.26. The van der Waals surface area contributed by atoms with Crippen LogP contribution in [0, 0.1) is 0 Å². The van der Waals surface area contributed by atoms with Crippen LogP contribution in [0.1, 0.15) is 32.1 Å². The first-order chi connectivity index (χ1) is 7.84. The van der Waals surface area contributed by atoms with Crippen LogP contribution in [0.4, 0.5) is 0 Å². The van der Waals surface area contributed by atoms with Gasteiger partial charge in [0.25, 0.3) is 0 Å². The summed E-state index contributed by atoms with van der Waals surface area (Å²) in [4.78, 5) is 14.0. The smallest absolute Gasteiger partial charge is 0.234 e. The fourth-order valence-electron chi connectivity index (χ4n) is 2.48. The first-order valence-electron chi connectivity index (χ1n) is 6.44. The molecule has 1 aliphatic heterocycles. The summed E-state index contributed by atoms with van der Waals surface area (Å²) in [5.41, 5.74) is 0. The fourth-order valence-corrected chi connectivity index (χ4v) is 2.48. The summed E-state index contributed by atoms with van der Waals surface area (Å²) in [5, 5.41) is 3.14. The van der Waals surface area contributed by atoms with Gasteiger partial charge in [0.15, 0.2) is 0 Å². The number of carbonyl (C=O) groups excluding carboxylic acids is 1. The number of rotatable bonds is 3. The topological polar surface area (TPSA) is 41.6 Å². The maximum absolute atomic E-state index is 11.8. The molecular weight excluding hydrogens is 204 g/mol. The van der Waals surface area contributed by atoms with E-state index in [9.17, 15) is 4.79 Å². The van der Waals surface area contributed by atoms with E-state index in [1.54, 1.807) is 0 Å². The predicted octanol–water partition coefficient (Wildman–Crippen LogP) is 0.767. The molecule has 1 saturated carbocycles. The van der Waals surface area contributed by atoms with Gasteiger partial charge in [0, 0.05) is 19.1 Å². The quantitative estimate of drug-likeness (QED) is 0.773. The van der Waals surface area contributed by atoms with E-state index in [0.29, 0.717) is 12.6 Å². The zero-order chi connectivity index (χ0) is 11.2. The van der Waals surface area contributed by atoms with Gasteiger partial charge in [0.1, 0.15) is 0 Å². The number of hydrogen-bond acceptors (Lipinski definition) is 3. The van der Waals surface area contributed by atoms with E-state index in [1.165, 1.54) is 19.3 Å². The summed E-state index contributed by atoms with van der Waals surface area (Å²) in [5.74, 6) is 0.189. The van der Waals surface area contributed by atoms with Crippen LogP contribution in [0.3, 0.4) is 0 Å². The highest BCUT2D eigenvalue weighted by molar-refractivity contribution is 5.78. The van der Waals surface area contributed by atoms with E-state index in [1.807, 2.05) is 0 Å². The Balaban J connectivity index is 1.66. The van der Waals surface area contributed by atoms with Gasteiger partial charge in [-0.25, -0.2) is 0 Å². The highest BCUT2D eigenvalue weighted by Gasteiger charge is 2.18. The standard InChI is InChI=1S/C12H22N2O2/c15-12(10-14-6-8-16-9-7-14)13-11-4-2-1-3-5-11/h11H,1-10H2,(H,13,15). The second-order valence-electron chi connectivity index (χ2n) is 4.79. The van der Waals surface area contributed by atoms with E-state index in [0.717, 1.165) is 39.1 Å². The highest BCUT2D eigenvalue weighted by atomic mass is 16.5. The fraction of sp³-hybridized carbons (Fsp3) is 0.917. The Morgan fingerprint density at radius 3 is 2.56 bits per heavy atom. The number of nitrogens with one attached hydrogen (secondary N) is 1. The summed E-state index contributed by atoms with van der Waals surface area (Å²) in [6.07, 6.45) is 6.19. The van der Waals surface area contributed by atoms with E-state index < -0.39 is 0 Å². The van der Waals surface area contributed by atoms with Gasteiger partial charge in [-0.2, -0.15) is 0 Å². The molecule has 0 atom stereocenters. The van der Waals surface area contributed by atoms with E-state index in [-0.39, 0.29) is 5.91 Å². The van der Waals surface area contributed by atoms with Crippen molar-refractivity contribution in [3.63, 3.8) is 0 Å². The van der Waals surface area contributed by atoms with Crippen molar-refractivity contribution in [3.8, 4) is 0 Å². The normalized spacial score (nSPS) is 24.2. The Morgan fingerprint density at radius 1 is 1.19 bits per heavy atom. The Morgan fingerprint density at radius 2 is 1.88 bits per heavy atom. The van der Waals surface area contributed by atoms with Crippen molar-refractivity contribution < 1.29 is 9.53 Å². The van der Waals surface area contributed by atoms with E-state index in [2.05, 4.69) is 10.2 Å². The number of ether oxygens (including phenoxy) is 1. The number of morpholine rings is 1. The van der Waals surface area contributed by atoms with Crippen molar-refractivity contribution >= 4 is 5.91 Å². The molecule has 1 aliphatic carbocycles. The zero-order valence-corrected chi connectivity index (χ0v) is 9.91. The molecular formula is C12H22N2O2. The van der Waals surface area contributed by atoms with Gasteiger partial charge in [-0.3, -0.25) is 9.69 Å². The summed E-state index contributed by atoms with van der Waals surface area (Å²) in [6, 6.07) is 0.433. The number of hydrogen-bond donors (Lipinski definition) is 1. The molecule has 92 valence electrons. The molecule has 1 heterocycles. The summed E-state index contributed by atoms with van der Waals surface area (Å²) in [7, 11) is 0. The minimum Gasteiger partial charge on any atom is -0.379 e. The van der Waals surface area contributed by atoms with Crippen LogP contribution in [0.15, 0.2) is 0 Å². The van der Waals surface area contributed by atoms with Crippen molar-refractivity contribution in [2.24, 2.45) is 0 Å². The predicted molar refractivity (Wildman–Crippen MR) is 62.3 cm³/mol. The Hall–Kier alpha value is -0.610. The van der Waals surface area contributed by atoms with Gasteiger partial charge in [-0.05, 0) is 12.8 Å². The molecule has 0 radical (unpaired) electrons. The number of nitrogens with zero attached hydrogens (tertiary/aromatic N) is 1. The molecule has 0 aromatic heterocycles. The molecule has 0 spiro atoms. The van der Waals surface area contributed by atoms with Gasteiger partial charge in [0.2, 0.25) is 5.91 Å². The summed E-state index contributed by atoms with van der Waals surface area (Å²) >= 11 is 0. The molecule has 1 saturated heterocycles. The maximum Gasteiger partial charge on any atom is 0.234 e. The van der Waals surface area contributed by atoms with Crippen LogP contribution in [-0.2, 0) is 9.53 Å². The van der Waals surface area contributed by atoms with E-state index in [4.69, 9.17) is 4.74 Å². The first-order valence-corrected chi connectivity index (χ1v) is 6.44. The average molecular weight is 226 g/mol. The van der Waals surface area contributed by atoms with Crippen LogP contribution in [0.2, 0.25) is 0 Å². The van der Waals surface area contributed by atoms with Crippen LogP contribution in [-0.4, -0.2) is 49.7 Å². The van der Waals surface area contributed by atoms with Gasteiger partial charge < -0.3 is 10.1 Å². The Bertz CT molecular complexity index is 199. The molecule has 4 nitrogen and oxygen atoms in total. The monoisotopic (exact) mass is 226 g/mol. The molecule has 2 aliphatic rings. The lowest BCUT2D eigenvalue weighted by molar-refractivity contribution is -0.124. The minimum atomic E-state index is 0.189. The molecule has 0 aromatic rings. The maximum atomic E-state index is 11.8. The number of carbonyl (C=O) groups is 1. The zero-order valence-electron chi connectivity index (χ0n) is 9.91. The lowest BCUT2D eigenvalue weighted by Crippen LogP contribution is -2.46. The second-order valence-corrected chi connectivity index (χ2v) is 4.79. The first kappa shape index (κ1) is 11.9. The van der Waals surface area contributed by atoms with Gasteiger partial charge in [-0.1, -0.05) is 19.3 Å². The van der Waals surface area contributed by atoms with Crippen molar-refractivity contribution in [3.05, 3.63) is 0 Å². The third-order valence-electron chi connectivity index (χ3n) is 3.44. The molecule has 4 heteroatoms. The van der Waals surface area contributed by atoms with Crippen molar-refractivity contribution in [1.29, 1.82) is 0 Å². The average Bonchev–Trinajstić information content (AvgIpc) is 2.31. The number of amides is 1. The summed E-state index contributed by atoms with van der Waals surface area (Å²) in [6.45, 7) is 3.84. The molecule has 0 aromatic carbocycles. The minimum absolute atomic E-state index is 0.189. The van der Waals surface area contributed by atoms with Gasteiger partial charge in [0.05, 0.1) is 19.8 Å². The van der Waals surface area contributed by atoms with Gasteiger partial charge >= 0.3 is 0 Å². The molecule has 16 heavy (non-hydrogen) atoms. The van der Waals surface area contributed by atoms with Crippen LogP contribution >= 0.6 is 0 Å². The molecule has 1 amide bonds. The second kappa shape index (κ2) is 6.21. The largest absolute Gasteiger partial charge is 0.379 e. The van der Waals surface area contributed by atoms with Crippen molar-refractivity contribution in [2.45, 2.75) is 38.1 Å². The molecule has 2 rings (SSSR count). The molecule has 1 N–H and O–H groups in total. The molecule has 2 fully saturated rings. The third-order valence-corrected chi connectivity index (χ3v) is 3.44. The van der Waals surface area contributed by atoms with Crippen molar-refractivity contribution in [2.75, 3.05) is 32.8 Å². The SMILES string of the molecule is O=C(CN1CCOCC1)NC1CCCCC1. The third kappa shape index (κ3) is 3.76. The van der Waals surface area contributed by atoms with E-state index >= 15 is 0 Å². The molecule has 0 bridgehead atoms. The van der Waals surface area contributed by atoms with Crippen molar-refractivity contribution in [1.82, 2.24) is 10.2 Å². The lowest BCUT2D eigenvalue weighted by atomic mass is 9.95. The Kier molecular flexibility index (Phi) is 4.60.